The Bertz CT molecular complexity index is 691. The first-order chi connectivity index (χ1) is 10.00. The normalized spacial score (nSPS) is 15.6. The van der Waals surface area contributed by atoms with Gasteiger partial charge in [-0.05, 0) is 49.1 Å². The van der Waals surface area contributed by atoms with Crippen molar-refractivity contribution in [1.29, 1.82) is 0 Å². The smallest absolute Gasteiger partial charge is 0.270 e. The van der Waals surface area contributed by atoms with E-state index in [4.69, 9.17) is 0 Å². The van der Waals surface area contributed by atoms with Gasteiger partial charge in [0.25, 0.3) is 5.91 Å². The van der Waals surface area contributed by atoms with Crippen molar-refractivity contribution in [3.63, 3.8) is 0 Å². The fourth-order valence-corrected chi connectivity index (χ4v) is 2.44. The van der Waals surface area contributed by atoms with E-state index in [1.807, 2.05) is 0 Å². The molecule has 1 aliphatic carbocycles. The summed E-state index contributed by atoms with van der Waals surface area (Å²) >= 11 is 0. The van der Waals surface area contributed by atoms with Crippen LogP contribution in [0, 0.1) is 18.6 Å². The molecule has 1 N–H and O–H groups in total. The van der Waals surface area contributed by atoms with E-state index in [1.54, 1.807) is 25.3 Å². The van der Waals surface area contributed by atoms with Crippen LogP contribution in [0.5, 0.6) is 0 Å². The van der Waals surface area contributed by atoms with E-state index in [2.05, 4.69) is 10.3 Å². The zero-order valence-corrected chi connectivity index (χ0v) is 11.5. The summed E-state index contributed by atoms with van der Waals surface area (Å²) in [6.07, 6.45) is 2.87. The van der Waals surface area contributed by atoms with Crippen LogP contribution in [-0.4, -0.2) is 10.9 Å². The molecule has 0 radical (unpaired) electrons. The summed E-state index contributed by atoms with van der Waals surface area (Å²) in [6, 6.07) is 6.90. The van der Waals surface area contributed by atoms with E-state index in [-0.39, 0.29) is 5.91 Å². The summed E-state index contributed by atoms with van der Waals surface area (Å²) in [7, 11) is 0. The molecule has 1 aromatic heterocycles. The molecule has 2 aromatic rings. The van der Waals surface area contributed by atoms with Crippen molar-refractivity contribution in [2.24, 2.45) is 0 Å². The molecule has 3 rings (SSSR count). The van der Waals surface area contributed by atoms with Gasteiger partial charge in [0.1, 0.15) is 17.3 Å². The highest BCUT2D eigenvalue weighted by atomic mass is 19.1. The van der Waals surface area contributed by atoms with Gasteiger partial charge >= 0.3 is 0 Å². The van der Waals surface area contributed by atoms with Gasteiger partial charge in [-0.1, -0.05) is 6.07 Å². The maximum absolute atomic E-state index is 13.3. The number of carbonyl (C=O) groups is 1. The van der Waals surface area contributed by atoms with E-state index >= 15 is 0 Å². The van der Waals surface area contributed by atoms with Crippen LogP contribution in [0.1, 0.15) is 34.5 Å². The van der Waals surface area contributed by atoms with Crippen LogP contribution in [0.15, 0.2) is 36.5 Å². The van der Waals surface area contributed by atoms with E-state index in [9.17, 15) is 13.6 Å². The van der Waals surface area contributed by atoms with Crippen molar-refractivity contribution in [2.75, 3.05) is 0 Å². The second-order valence-electron chi connectivity index (χ2n) is 5.36. The number of pyridine rings is 1. The number of benzene rings is 1. The molecule has 0 spiro atoms. The molecule has 0 bridgehead atoms. The maximum Gasteiger partial charge on any atom is 0.270 e. The van der Waals surface area contributed by atoms with Crippen molar-refractivity contribution in [2.45, 2.75) is 25.3 Å². The topological polar surface area (TPSA) is 42.0 Å². The highest BCUT2D eigenvalue weighted by Gasteiger charge is 2.46. The van der Waals surface area contributed by atoms with Crippen molar-refractivity contribution in [3.05, 3.63) is 65.0 Å². The summed E-state index contributed by atoms with van der Waals surface area (Å²) in [5, 5.41) is 2.86. The minimum atomic E-state index is -0.677. The number of hydrogen-bond donors (Lipinski definition) is 1. The van der Waals surface area contributed by atoms with Crippen LogP contribution in [0.2, 0.25) is 0 Å². The van der Waals surface area contributed by atoms with E-state index < -0.39 is 17.2 Å². The van der Waals surface area contributed by atoms with Gasteiger partial charge in [0, 0.05) is 12.3 Å². The highest BCUT2D eigenvalue weighted by Crippen LogP contribution is 2.46. The number of rotatable bonds is 3. The zero-order valence-electron chi connectivity index (χ0n) is 11.5. The predicted octanol–water partition coefficient (Wildman–Crippen LogP) is 3.09. The van der Waals surface area contributed by atoms with Gasteiger partial charge in [0.2, 0.25) is 0 Å². The number of aryl methyl sites for hydroxylation is 1. The Morgan fingerprint density at radius 3 is 2.48 bits per heavy atom. The van der Waals surface area contributed by atoms with Gasteiger partial charge < -0.3 is 5.32 Å². The minimum Gasteiger partial charge on any atom is -0.341 e. The number of carbonyl (C=O) groups excluding carboxylic acids is 1. The molecule has 108 valence electrons. The number of nitrogens with one attached hydrogen (secondary N) is 1. The average molecular weight is 288 g/mol. The first-order valence-corrected chi connectivity index (χ1v) is 6.71. The first-order valence-electron chi connectivity index (χ1n) is 6.71. The van der Waals surface area contributed by atoms with Gasteiger partial charge in [0.15, 0.2) is 0 Å². The molecule has 1 aliphatic rings. The third-order valence-corrected chi connectivity index (χ3v) is 3.74. The Balaban J connectivity index is 1.87. The van der Waals surface area contributed by atoms with Crippen LogP contribution in [-0.2, 0) is 5.54 Å². The molecule has 1 aromatic carbocycles. The fourth-order valence-electron chi connectivity index (χ4n) is 2.44. The summed E-state index contributed by atoms with van der Waals surface area (Å²) in [4.78, 5) is 16.4. The van der Waals surface area contributed by atoms with Gasteiger partial charge in [-0.25, -0.2) is 8.78 Å². The lowest BCUT2D eigenvalue weighted by Gasteiger charge is -2.18. The van der Waals surface area contributed by atoms with E-state index in [0.29, 0.717) is 24.1 Å². The van der Waals surface area contributed by atoms with Gasteiger partial charge in [0.05, 0.1) is 5.54 Å². The number of aromatic nitrogens is 1. The molecule has 1 amide bonds. The van der Waals surface area contributed by atoms with Gasteiger partial charge in [-0.3, -0.25) is 9.78 Å². The minimum absolute atomic E-state index is 0.324. The van der Waals surface area contributed by atoms with Gasteiger partial charge in [-0.15, -0.1) is 0 Å². The molecule has 21 heavy (non-hydrogen) atoms. The zero-order chi connectivity index (χ0) is 15.0. The Hall–Kier alpha value is -2.30. The van der Waals surface area contributed by atoms with Crippen LogP contribution in [0.25, 0.3) is 0 Å². The van der Waals surface area contributed by atoms with E-state index in [0.717, 1.165) is 11.6 Å². The molecule has 1 fully saturated rings. The van der Waals surface area contributed by atoms with Crippen molar-refractivity contribution in [3.8, 4) is 0 Å². The summed E-state index contributed by atoms with van der Waals surface area (Å²) < 4.78 is 26.7. The molecule has 5 heteroatoms. The number of nitrogens with zero attached hydrogens (tertiary/aromatic N) is 1. The molecular formula is C16H14F2N2O. The largest absolute Gasteiger partial charge is 0.341 e. The third kappa shape index (κ3) is 2.63. The average Bonchev–Trinajstić information content (AvgIpc) is 3.19. The second-order valence-corrected chi connectivity index (χ2v) is 5.36. The highest BCUT2D eigenvalue weighted by molar-refractivity contribution is 5.94. The summed E-state index contributed by atoms with van der Waals surface area (Å²) in [5.74, 6) is -1.60. The number of amides is 1. The predicted molar refractivity (Wildman–Crippen MR) is 73.7 cm³/mol. The lowest BCUT2D eigenvalue weighted by atomic mass is 10.0. The number of halogens is 2. The molecule has 1 saturated carbocycles. The lowest BCUT2D eigenvalue weighted by molar-refractivity contribution is 0.0925. The van der Waals surface area contributed by atoms with Crippen LogP contribution in [0.4, 0.5) is 8.78 Å². The Labute approximate surface area is 121 Å². The first kappa shape index (κ1) is 13.7. The molecule has 3 nitrogen and oxygen atoms in total. The Morgan fingerprint density at radius 2 is 1.90 bits per heavy atom. The van der Waals surface area contributed by atoms with Crippen LogP contribution in [0.3, 0.4) is 0 Å². The molecule has 0 atom stereocenters. The molecular weight excluding hydrogens is 274 g/mol. The quantitative estimate of drug-likeness (QED) is 0.943. The van der Waals surface area contributed by atoms with Crippen molar-refractivity contribution < 1.29 is 13.6 Å². The third-order valence-electron chi connectivity index (χ3n) is 3.74. The van der Waals surface area contributed by atoms with Crippen molar-refractivity contribution in [1.82, 2.24) is 10.3 Å². The van der Waals surface area contributed by atoms with Crippen molar-refractivity contribution >= 4 is 5.91 Å². The van der Waals surface area contributed by atoms with Gasteiger partial charge in [-0.2, -0.15) is 0 Å². The Morgan fingerprint density at radius 1 is 1.24 bits per heavy atom. The second kappa shape index (κ2) is 4.91. The summed E-state index contributed by atoms with van der Waals surface area (Å²) in [6.45, 7) is 1.79. The van der Waals surface area contributed by atoms with Crippen LogP contribution < -0.4 is 5.32 Å². The molecule has 1 heterocycles. The standard InChI is InChI=1S/C16H14F2N2O/c1-10-3-2-6-19-14(10)15(21)20-16(4-5-16)11-7-12(17)9-13(18)8-11/h2-3,6-9H,4-5H2,1H3,(H,20,21). The van der Waals surface area contributed by atoms with E-state index in [1.165, 1.54) is 12.1 Å². The van der Waals surface area contributed by atoms with Crippen LogP contribution >= 0.6 is 0 Å². The maximum atomic E-state index is 13.3. The SMILES string of the molecule is Cc1cccnc1C(=O)NC1(c2cc(F)cc(F)c2)CC1. The lowest BCUT2D eigenvalue weighted by Crippen LogP contribution is -2.35. The molecule has 0 unspecified atom stereocenters. The fraction of sp³-hybridized carbons (Fsp3) is 0.250. The summed E-state index contributed by atoms with van der Waals surface area (Å²) in [5.41, 5.74) is 0.878. The monoisotopic (exact) mass is 288 g/mol. The Kier molecular flexibility index (Phi) is 3.20. The molecule has 0 saturated heterocycles. The molecule has 0 aliphatic heterocycles. The number of hydrogen-bond acceptors (Lipinski definition) is 2.